The van der Waals surface area contributed by atoms with Crippen LogP contribution in [0.4, 0.5) is 0 Å². The first-order valence-corrected chi connectivity index (χ1v) is 6.84. The lowest BCUT2D eigenvalue weighted by atomic mass is 10.2. The third-order valence-electron chi connectivity index (χ3n) is 3.31. The number of fused-ring (bicyclic) bond motifs is 1. The van der Waals surface area contributed by atoms with Gasteiger partial charge in [0.15, 0.2) is 5.82 Å². The van der Waals surface area contributed by atoms with Crippen LogP contribution < -0.4 is 0 Å². The molecule has 1 fully saturated rings. The minimum atomic E-state index is 0.523. The summed E-state index contributed by atoms with van der Waals surface area (Å²) in [6.45, 7) is 0. The van der Waals surface area contributed by atoms with Gasteiger partial charge in [-0.15, -0.1) is 5.10 Å². The van der Waals surface area contributed by atoms with Crippen molar-refractivity contribution in [3.8, 4) is 16.8 Å². The molecule has 4 rings (SSSR count). The second-order valence-corrected chi connectivity index (χ2v) is 5.42. The Bertz CT molecular complexity index is 792. The van der Waals surface area contributed by atoms with Crippen molar-refractivity contribution in [1.82, 2.24) is 19.1 Å². The lowest BCUT2D eigenvalue weighted by Crippen LogP contribution is -1.96. The van der Waals surface area contributed by atoms with Crippen LogP contribution in [0.25, 0.3) is 21.7 Å². The summed E-state index contributed by atoms with van der Waals surface area (Å²) in [5, 5.41) is 12.9. The Kier molecular flexibility index (Phi) is 2.17. The van der Waals surface area contributed by atoms with E-state index in [1.54, 1.807) is 6.20 Å². The highest BCUT2D eigenvalue weighted by Crippen LogP contribution is 2.41. The van der Waals surface area contributed by atoms with Gasteiger partial charge in [-0.05, 0) is 42.6 Å². The Morgan fingerprint density at radius 3 is 2.95 bits per heavy atom. The second-order valence-electron chi connectivity index (χ2n) is 4.63. The van der Waals surface area contributed by atoms with Gasteiger partial charge in [0.1, 0.15) is 4.88 Å². The summed E-state index contributed by atoms with van der Waals surface area (Å²) >= 11 is 1.35. The zero-order chi connectivity index (χ0) is 12.8. The summed E-state index contributed by atoms with van der Waals surface area (Å²) in [4.78, 5) is 5.64. The number of nitriles is 1. The molecular weight excluding hydrogens is 258 g/mol. The first kappa shape index (κ1) is 10.6. The summed E-state index contributed by atoms with van der Waals surface area (Å²) < 4.78 is 6.16. The van der Waals surface area contributed by atoms with Crippen molar-refractivity contribution >= 4 is 22.6 Å². The van der Waals surface area contributed by atoms with Crippen LogP contribution in [0.3, 0.4) is 0 Å². The lowest BCUT2D eigenvalue weighted by molar-refractivity contribution is 0.776. The molecule has 0 spiro atoms. The van der Waals surface area contributed by atoms with Gasteiger partial charge in [-0.1, -0.05) is 4.49 Å². The van der Waals surface area contributed by atoms with E-state index in [0.717, 1.165) is 21.7 Å². The van der Waals surface area contributed by atoms with E-state index in [-0.39, 0.29) is 0 Å². The SMILES string of the molecule is N#Cc1ccc2c(c1)nc(-c1cnns1)n2C1CC1. The fourth-order valence-corrected chi connectivity index (χ4v) is 2.81. The van der Waals surface area contributed by atoms with Gasteiger partial charge in [0, 0.05) is 6.04 Å². The predicted octanol–water partition coefficient (Wildman–Crippen LogP) is 2.76. The lowest BCUT2D eigenvalue weighted by Gasteiger charge is -2.04. The minimum absolute atomic E-state index is 0.523. The molecule has 0 atom stereocenters. The maximum absolute atomic E-state index is 8.98. The third-order valence-corrected chi connectivity index (χ3v) is 3.97. The zero-order valence-electron chi connectivity index (χ0n) is 9.95. The van der Waals surface area contributed by atoms with E-state index in [4.69, 9.17) is 5.26 Å². The van der Waals surface area contributed by atoms with Crippen molar-refractivity contribution < 1.29 is 0 Å². The average molecular weight is 267 g/mol. The number of nitrogens with zero attached hydrogens (tertiary/aromatic N) is 5. The van der Waals surface area contributed by atoms with Crippen LogP contribution in [0.1, 0.15) is 24.4 Å². The van der Waals surface area contributed by atoms with Crippen LogP contribution in [0, 0.1) is 11.3 Å². The maximum atomic E-state index is 8.98. The molecule has 0 amide bonds. The van der Waals surface area contributed by atoms with Gasteiger partial charge in [-0.25, -0.2) is 4.98 Å². The smallest absolute Gasteiger partial charge is 0.154 e. The highest BCUT2D eigenvalue weighted by Gasteiger charge is 2.29. The zero-order valence-corrected chi connectivity index (χ0v) is 10.8. The number of rotatable bonds is 2. The molecule has 19 heavy (non-hydrogen) atoms. The fraction of sp³-hybridized carbons (Fsp3) is 0.231. The van der Waals surface area contributed by atoms with Crippen molar-refractivity contribution in [3.05, 3.63) is 30.0 Å². The van der Waals surface area contributed by atoms with E-state index >= 15 is 0 Å². The van der Waals surface area contributed by atoms with Crippen LogP contribution in [0.5, 0.6) is 0 Å². The molecule has 1 aromatic carbocycles. The standard InChI is InChI=1S/C13H9N5S/c14-6-8-1-4-11-10(5-8)16-13(12-7-15-17-19-12)18(11)9-2-3-9/h1,4-5,7,9H,2-3H2. The van der Waals surface area contributed by atoms with Crippen LogP contribution in [-0.2, 0) is 0 Å². The van der Waals surface area contributed by atoms with E-state index < -0.39 is 0 Å². The number of imidazole rings is 1. The Morgan fingerprint density at radius 2 is 2.26 bits per heavy atom. The summed E-state index contributed by atoms with van der Waals surface area (Å²) in [5.74, 6) is 0.919. The van der Waals surface area contributed by atoms with Crippen molar-refractivity contribution in [1.29, 1.82) is 5.26 Å². The van der Waals surface area contributed by atoms with Crippen molar-refractivity contribution in [2.75, 3.05) is 0 Å². The molecule has 0 aliphatic heterocycles. The fourth-order valence-electron chi connectivity index (χ4n) is 2.31. The average Bonchev–Trinajstić information content (AvgIpc) is 3.01. The number of benzene rings is 1. The normalized spacial score (nSPS) is 14.7. The molecule has 0 bridgehead atoms. The molecule has 6 heteroatoms. The predicted molar refractivity (Wildman–Crippen MR) is 71.6 cm³/mol. The number of hydrogen-bond acceptors (Lipinski definition) is 5. The van der Waals surface area contributed by atoms with Crippen molar-refractivity contribution in [2.24, 2.45) is 0 Å². The maximum Gasteiger partial charge on any atom is 0.154 e. The van der Waals surface area contributed by atoms with Crippen LogP contribution in [-0.4, -0.2) is 19.1 Å². The highest BCUT2D eigenvalue weighted by atomic mass is 32.1. The summed E-state index contributed by atoms with van der Waals surface area (Å²) in [6.07, 6.45) is 4.12. The molecular formula is C13H9N5S. The van der Waals surface area contributed by atoms with Crippen molar-refractivity contribution in [2.45, 2.75) is 18.9 Å². The quantitative estimate of drug-likeness (QED) is 0.716. The third kappa shape index (κ3) is 1.63. The Hall–Kier alpha value is -2.26. The molecule has 2 heterocycles. The minimum Gasteiger partial charge on any atom is -0.320 e. The number of hydrogen-bond donors (Lipinski definition) is 0. The molecule has 0 saturated heterocycles. The molecule has 2 aromatic heterocycles. The van der Waals surface area contributed by atoms with Crippen LogP contribution >= 0.6 is 11.5 Å². The van der Waals surface area contributed by atoms with E-state index in [2.05, 4.69) is 25.2 Å². The Morgan fingerprint density at radius 1 is 1.37 bits per heavy atom. The van der Waals surface area contributed by atoms with Gasteiger partial charge in [0.25, 0.3) is 0 Å². The van der Waals surface area contributed by atoms with Gasteiger partial charge in [0.2, 0.25) is 0 Å². The summed E-state index contributed by atoms with van der Waals surface area (Å²) in [6, 6.07) is 8.35. The van der Waals surface area contributed by atoms with E-state index in [0.29, 0.717) is 11.6 Å². The monoisotopic (exact) mass is 267 g/mol. The molecule has 92 valence electrons. The molecule has 0 unspecified atom stereocenters. The van der Waals surface area contributed by atoms with E-state index in [9.17, 15) is 0 Å². The molecule has 1 aliphatic carbocycles. The summed E-state index contributed by atoms with van der Waals surface area (Å²) in [7, 11) is 0. The van der Waals surface area contributed by atoms with Crippen LogP contribution in [0.2, 0.25) is 0 Å². The molecule has 1 saturated carbocycles. The second kappa shape index (κ2) is 3.87. The first-order chi connectivity index (χ1) is 9.36. The Labute approximate surface area is 113 Å². The van der Waals surface area contributed by atoms with Gasteiger partial charge in [-0.3, -0.25) is 0 Å². The van der Waals surface area contributed by atoms with Gasteiger partial charge < -0.3 is 4.57 Å². The molecule has 3 aromatic rings. The topological polar surface area (TPSA) is 67.4 Å². The van der Waals surface area contributed by atoms with Crippen LogP contribution in [0.15, 0.2) is 24.4 Å². The van der Waals surface area contributed by atoms with Gasteiger partial charge in [-0.2, -0.15) is 5.26 Å². The molecule has 5 nitrogen and oxygen atoms in total. The molecule has 1 aliphatic rings. The van der Waals surface area contributed by atoms with Gasteiger partial charge >= 0.3 is 0 Å². The number of aromatic nitrogens is 4. The van der Waals surface area contributed by atoms with E-state index in [1.807, 2.05) is 18.2 Å². The first-order valence-electron chi connectivity index (χ1n) is 6.06. The molecule has 0 radical (unpaired) electrons. The largest absolute Gasteiger partial charge is 0.320 e. The van der Waals surface area contributed by atoms with Crippen molar-refractivity contribution in [3.63, 3.8) is 0 Å². The Balaban J connectivity index is 2.02. The molecule has 0 N–H and O–H groups in total. The summed E-state index contributed by atoms with van der Waals surface area (Å²) in [5.41, 5.74) is 2.60. The van der Waals surface area contributed by atoms with E-state index in [1.165, 1.54) is 24.4 Å². The highest BCUT2D eigenvalue weighted by molar-refractivity contribution is 7.09. The van der Waals surface area contributed by atoms with Gasteiger partial charge in [0.05, 0.1) is 28.9 Å².